The molecule has 1 aliphatic carbocycles. The molecule has 10 heteroatoms. The van der Waals surface area contributed by atoms with Crippen LogP contribution >= 0.6 is 10.7 Å². The first-order valence-electron chi connectivity index (χ1n) is 9.30. The summed E-state index contributed by atoms with van der Waals surface area (Å²) in [5.41, 5.74) is -0.945. The van der Waals surface area contributed by atoms with Gasteiger partial charge in [0.1, 0.15) is 4.90 Å². The molecular formula is C17H17ClN2O5S2. The summed E-state index contributed by atoms with van der Waals surface area (Å²) in [5, 5.41) is 9.61. The molecule has 0 saturated heterocycles. The van der Waals surface area contributed by atoms with Crippen molar-refractivity contribution in [3.63, 3.8) is 0 Å². The second kappa shape index (κ2) is 6.63. The fourth-order valence-electron chi connectivity index (χ4n) is 3.13. The second-order valence-corrected chi connectivity index (χ2v) is 10.7. The summed E-state index contributed by atoms with van der Waals surface area (Å²) in [6, 6.07) is 7.71. The molecule has 1 atom stereocenters. The molecule has 1 aromatic carbocycles. The quantitative estimate of drug-likeness (QED) is 0.688. The molecule has 2 aromatic rings. The SMILES string of the molecule is [2H]C([2H])([2H])OC1(C#N)CCc2c(S(=O)(=O)Cl)cn(S(=O)(=O)c3ccc(C)cc3)c2C1. The van der Waals surface area contributed by atoms with Gasteiger partial charge >= 0.3 is 0 Å². The number of hydrogen-bond donors (Lipinski definition) is 0. The van der Waals surface area contributed by atoms with E-state index in [2.05, 4.69) is 0 Å². The number of hydrogen-bond acceptors (Lipinski definition) is 6. The maximum atomic E-state index is 13.2. The van der Waals surface area contributed by atoms with Crippen molar-refractivity contribution in [3.05, 3.63) is 47.3 Å². The molecule has 3 rings (SSSR count). The van der Waals surface area contributed by atoms with Gasteiger partial charge in [-0.25, -0.2) is 20.8 Å². The number of rotatable bonds is 4. The van der Waals surface area contributed by atoms with Crippen LogP contribution in [-0.2, 0) is 36.7 Å². The first-order valence-corrected chi connectivity index (χ1v) is 11.5. The van der Waals surface area contributed by atoms with E-state index in [1.165, 1.54) is 12.1 Å². The average Bonchev–Trinajstić information content (AvgIpc) is 3.00. The lowest BCUT2D eigenvalue weighted by molar-refractivity contribution is 0.0265. The highest BCUT2D eigenvalue weighted by molar-refractivity contribution is 8.13. The van der Waals surface area contributed by atoms with E-state index in [9.17, 15) is 22.1 Å². The highest BCUT2D eigenvalue weighted by Gasteiger charge is 2.41. The Balaban J connectivity index is 2.23. The molecule has 0 radical (unpaired) electrons. The van der Waals surface area contributed by atoms with Crippen LogP contribution in [0.3, 0.4) is 0 Å². The molecule has 0 saturated carbocycles. The van der Waals surface area contributed by atoms with Crippen LogP contribution in [0.25, 0.3) is 0 Å². The first-order chi connectivity index (χ1) is 13.7. The van der Waals surface area contributed by atoms with Crippen molar-refractivity contribution in [2.75, 3.05) is 7.04 Å². The lowest BCUT2D eigenvalue weighted by Gasteiger charge is -2.30. The Hall–Kier alpha value is -1.86. The molecule has 1 unspecified atom stereocenters. The van der Waals surface area contributed by atoms with Crippen LogP contribution < -0.4 is 0 Å². The molecular weight excluding hydrogens is 412 g/mol. The normalized spacial score (nSPS) is 22.2. The van der Waals surface area contributed by atoms with E-state index in [-0.39, 0.29) is 29.0 Å². The molecule has 0 fully saturated rings. The third-order valence-electron chi connectivity index (χ3n) is 4.62. The van der Waals surface area contributed by atoms with Crippen molar-refractivity contribution in [1.29, 1.82) is 5.26 Å². The summed E-state index contributed by atoms with van der Waals surface area (Å²) in [4.78, 5) is -0.496. The van der Waals surface area contributed by atoms with E-state index in [1.807, 2.05) is 6.07 Å². The highest BCUT2D eigenvalue weighted by atomic mass is 35.7. The van der Waals surface area contributed by atoms with Gasteiger partial charge in [0.2, 0.25) is 0 Å². The van der Waals surface area contributed by atoms with E-state index in [1.54, 1.807) is 19.1 Å². The van der Waals surface area contributed by atoms with Gasteiger partial charge in [0.05, 0.1) is 15.1 Å². The minimum Gasteiger partial charge on any atom is -0.363 e. The average molecular weight is 432 g/mol. The fraction of sp³-hybridized carbons (Fsp3) is 0.353. The van der Waals surface area contributed by atoms with Crippen molar-refractivity contribution in [3.8, 4) is 6.07 Å². The van der Waals surface area contributed by atoms with Crippen LogP contribution in [0.1, 0.15) is 27.4 Å². The van der Waals surface area contributed by atoms with Crippen LogP contribution in [0.2, 0.25) is 0 Å². The zero-order valence-corrected chi connectivity index (χ0v) is 16.5. The van der Waals surface area contributed by atoms with Crippen LogP contribution in [0.4, 0.5) is 0 Å². The molecule has 0 aliphatic heterocycles. The third-order valence-corrected chi connectivity index (χ3v) is 7.71. The number of halogens is 1. The molecule has 1 heterocycles. The Morgan fingerprint density at radius 3 is 2.52 bits per heavy atom. The maximum Gasteiger partial charge on any atom is 0.267 e. The van der Waals surface area contributed by atoms with Gasteiger partial charge in [0, 0.05) is 36.0 Å². The Kier molecular flexibility index (Phi) is 3.96. The van der Waals surface area contributed by atoms with Gasteiger partial charge in [0.15, 0.2) is 5.60 Å². The van der Waals surface area contributed by atoms with Crippen molar-refractivity contribution >= 4 is 29.8 Å². The largest absolute Gasteiger partial charge is 0.363 e. The monoisotopic (exact) mass is 431 g/mol. The van der Waals surface area contributed by atoms with Gasteiger partial charge in [-0.15, -0.1) is 0 Å². The Labute approximate surface area is 166 Å². The lowest BCUT2D eigenvalue weighted by atomic mass is 9.85. The van der Waals surface area contributed by atoms with Crippen molar-refractivity contribution in [2.45, 2.75) is 41.6 Å². The van der Waals surface area contributed by atoms with Gasteiger partial charge in [-0.3, -0.25) is 0 Å². The van der Waals surface area contributed by atoms with Gasteiger partial charge in [0.25, 0.3) is 19.1 Å². The number of nitrogens with zero attached hydrogens (tertiary/aromatic N) is 2. The molecule has 0 amide bonds. The molecule has 1 aromatic heterocycles. The second-order valence-electron chi connectivity index (χ2n) is 6.36. The summed E-state index contributed by atoms with van der Waals surface area (Å²) in [5.74, 6) is 0. The van der Waals surface area contributed by atoms with Crippen LogP contribution in [-0.4, -0.2) is 33.4 Å². The van der Waals surface area contributed by atoms with E-state index in [0.717, 1.165) is 15.7 Å². The smallest absolute Gasteiger partial charge is 0.267 e. The van der Waals surface area contributed by atoms with Crippen molar-refractivity contribution in [2.24, 2.45) is 0 Å². The topological polar surface area (TPSA) is 106 Å². The van der Waals surface area contributed by atoms with E-state index >= 15 is 0 Å². The fourth-order valence-corrected chi connectivity index (χ4v) is 5.76. The summed E-state index contributed by atoms with van der Waals surface area (Å²) >= 11 is 0. The zero-order valence-electron chi connectivity index (χ0n) is 17.1. The number of fused-ring (bicyclic) bond motifs is 1. The standard InChI is InChI=1S/C17H17ClN2O5S2/c1-12-3-5-13(6-4-12)27(23,24)20-10-16(26(18,21)22)14-7-8-17(11-19,25-2)9-15(14)20/h3-6,10H,7-9H2,1-2H3/i2D3. The zero-order chi connectivity index (χ0) is 22.5. The minimum absolute atomic E-state index is 0.0492. The Bertz CT molecular complexity index is 1250. The number of nitriles is 1. The van der Waals surface area contributed by atoms with Crippen LogP contribution in [0.15, 0.2) is 40.3 Å². The number of aromatic nitrogens is 1. The molecule has 144 valence electrons. The van der Waals surface area contributed by atoms with E-state index in [0.29, 0.717) is 0 Å². The number of benzene rings is 1. The third kappa shape index (κ3) is 3.38. The Morgan fingerprint density at radius 1 is 1.30 bits per heavy atom. The van der Waals surface area contributed by atoms with Crippen molar-refractivity contribution < 1.29 is 25.7 Å². The minimum atomic E-state index is -4.30. The van der Waals surface area contributed by atoms with Gasteiger partial charge in [-0.1, -0.05) is 17.7 Å². The molecule has 0 bridgehead atoms. The number of ether oxygens (including phenoxy) is 1. The predicted molar refractivity (Wildman–Crippen MR) is 98.6 cm³/mol. The Morgan fingerprint density at radius 2 is 1.96 bits per heavy atom. The molecule has 27 heavy (non-hydrogen) atoms. The summed E-state index contributed by atoms with van der Waals surface area (Å²) in [6.07, 6.45) is 0.222. The summed E-state index contributed by atoms with van der Waals surface area (Å²) in [6.45, 7) is 1.78. The van der Waals surface area contributed by atoms with Crippen LogP contribution in [0, 0.1) is 18.3 Å². The lowest BCUT2D eigenvalue weighted by Crippen LogP contribution is -2.37. The number of methoxy groups -OCH3 is 1. The molecule has 7 nitrogen and oxygen atoms in total. The van der Waals surface area contributed by atoms with E-state index < -0.39 is 43.0 Å². The molecule has 1 aliphatic rings. The molecule has 0 spiro atoms. The maximum absolute atomic E-state index is 13.2. The highest BCUT2D eigenvalue weighted by Crippen LogP contribution is 2.38. The van der Waals surface area contributed by atoms with Gasteiger partial charge in [-0.05, 0) is 37.5 Å². The van der Waals surface area contributed by atoms with E-state index in [4.69, 9.17) is 19.5 Å². The van der Waals surface area contributed by atoms with Gasteiger partial charge < -0.3 is 4.74 Å². The predicted octanol–water partition coefficient (Wildman–Crippen LogP) is 2.36. The first kappa shape index (κ1) is 16.1. The summed E-state index contributed by atoms with van der Waals surface area (Å²) in [7, 11) is -5.94. The van der Waals surface area contributed by atoms with Gasteiger partial charge in [-0.2, -0.15) is 5.26 Å². The van der Waals surface area contributed by atoms with Crippen LogP contribution in [0.5, 0.6) is 0 Å². The van der Waals surface area contributed by atoms with Crippen molar-refractivity contribution in [1.82, 2.24) is 3.97 Å². The number of aryl methyl sites for hydroxylation is 1. The summed E-state index contributed by atoms with van der Waals surface area (Å²) < 4.78 is 78.3. The molecule has 0 N–H and O–H groups in total.